The number of amides is 1. The van der Waals surface area contributed by atoms with Gasteiger partial charge in [0.2, 0.25) is 11.0 Å². The molecule has 0 unspecified atom stereocenters. The average Bonchev–Trinajstić information content (AvgIpc) is 3.22. The fourth-order valence-corrected chi connectivity index (χ4v) is 3.66. The molecule has 0 radical (unpaired) electrons. The van der Waals surface area contributed by atoms with Gasteiger partial charge < -0.3 is 5.32 Å². The van der Waals surface area contributed by atoms with Crippen LogP contribution >= 0.6 is 46.3 Å². The molecule has 8 heteroatoms. The molecule has 1 saturated carbocycles. The second-order valence-corrected chi connectivity index (χ2v) is 7.69. The molecule has 21 heavy (non-hydrogen) atoms. The molecule has 0 bridgehead atoms. The summed E-state index contributed by atoms with van der Waals surface area (Å²) in [6.45, 7) is 0. The molecule has 1 amide bonds. The standard InChI is InChI=1S/C13H11Cl2N3OS2/c14-9-4-1-7(5-10(9)15)6-20-13-18-17-12(21-13)16-11(19)8-2-3-8/h1,4-5,8H,2-3,6H2,(H,16,17,19). The smallest absolute Gasteiger partial charge is 0.229 e. The molecule has 1 aromatic heterocycles. The summed E-state index contributed by atoms with van der Waals surface area (Å²) in [5.41, 5.74) is 1.06. The molecule has 1 fully saturated rings. The third kappa shape index (κ3) is 4.10. The van der Waals surface area contributed by atoms with Crippen molar-refractivity contribution in [1.82, 2.24) is 10.2 Å². The lowest BCUT2D eigenvalue weighted by atomic mass is 10.2. The van der Waals surface area contributed by atoms with Crippen LogP contribution in [0.2, 0.25) is 10.0 Å². The summed E-state index contributed by atoms with van der Waals surface area (Å²) in [6.07, 6.45) is 1.95. The zero-order valence-electron chi connectivity index (χ0n) is 10.8. The molecule has 0 aliphatic heterocycles. The molecule has 3 rings (SSSR count). The maximum atomic E-state index is 11.6. The monoisotopic (exact) mass is 359 g/mol. The number of hydrogen-bond acceptors (Lipinski definition) is 5. The molecule has 4 nitrogen and oxygen atoms in total. The van der Waals surface area contributed by atoms with Gasteiger partial charge >= 0.3 is 0 Å². The zero-order chi connectivity index (χ0) is 14.8. The van der Waals surface area contributed by atoms with Crippen LogP contribution in [0, 0.1) is 5.92 Å². The highest BCUT2D eigenvalue weighted by atomic mass is 35.5. The van der Waals surface area contributed by atoms with Crippen molar-refractivity contribution >= 4 is 57.3 Å². The second-order valence-electron chi connectivity index (χ2n) is 4.67. The van der Waals surface area contributed by atoms with Crippen LogP contribution in [0.5, 0.6) is 0 Å². The first kappa shape index (κ1) is 15.1. The number of carbonyl (C=O) groups excluding carboxylic acids is 1. The van der Waals surface area contributed by atoms with E-state index in [1.165, 1.54) is 11.3 Å². The maximum Gasteiger partial charge on any atom is 0.229 e. The second kappa shape index (κ2) is 6.52. The van der Waals surface area contributed by atoms with E-state index in [-0.39, 0.29) is 11.8 Å². The van der Waals surface area contributed by atoms with Crippen molar-refractivity contribution in [3.8, 4) is 0 Å². The van der Waals surface area contributed by atoms with Gasteiger partial charge in [-0.2, -0.15) is 0 Å². The van der Waals surface area contributed by atoms with Crippen LogP contribution in [-0.2, 0) is 10.5 Å². The Morgan fingerprint density at radius 1 is 1.33 bits per heavy atom. The molecule has 0 saturated heterocycles. The van der Waals surface area contributed by atoms with Gasteiger partial charge in [-0.15, -0.1) is 10.2 Å². The van der Waals surface area contributed by atoms with E-state index >= 15 is 0 Å². The van der Waals surface area contributed by atoms with Crippen LogP contribution in [-0.4, -0.2) is 16.1 Å². The van der Waals surface area contributed by atoms with Gasteiger partial charge in [-0.3, -0.25) is 4.79 Å². The van der Waals surface area contributed by atoms with E-state index in [1.54, 1.807) is 17.8 Å². The predicted molar refractivity (Wildman–Crippen MR) is 87.3 cm³/mol. The Morgan fingerprint density at radius 3 is 2.86 bits per heavy atom. The summed E-state index contributed by atoms with van der Waals surface area (Å²) in [5.74, 6) is 0.940. The molecular weight excluding hydrogens is 349 g/mol. The summed E-state index contributed by atoms with van der Waals surface area (Å²) in [7, 11) is 0. The number of halogens is 2. The van der Waals surface area contributed by atoms with Crippen LogP contribution < -0.4 is 5.32 Å². The van der Waals surface area contributed by atoms with Gasteiger partial charge in [0.05, 0.1) is 10.0 Å². The molecular formula is C13H11Cl2N3OS2. The summed E-state index contributed by atoms with van der Waals surface area (Å²) in [5, 5.41) is 12.5. The molecule has 2 aromatic rings. The number of thioether (sulfide) groups is 1. The fourth-order valence-electron chi connectivity index (χ4n) is 1.65. The molecule has 1 aliphatic rings. The van der Waals surface area contributed by atoms with E-state index in [2.05, 4.69) is 15.5 Å². The quantitative estimate of drug-likeness (QED) is 0.631. The number of rotatable bonds is 5. The summed E-state index contributed by atoms with van der Waals surface area (Å²) >= 11 is 14.8. The highest BCUT2D eigenvalue weighted by molar-refractivity contribution is 8.00. The van der Waals surface area contributed by atoms with E-state index in [0.717, 1.165) is 28.5 Å². The van der Waals surface area contributed by atoms with Gasteiger partial charge in [0.25, 0.3) is 0 Å². The SMILES string of the molecule is O=C(Nc1nnc(SCc2ccc(Cl)c(Cl)c2)s1)C1CC1. The van der Waals surface area contributed by atoms with E-state index in [1.807, 2.05) is 12.1 Å². The Hall–Kier alpha value is -0.820. The molecule has 0 atom stereocenters. The van der Waals surface area contributed by atoms with E-state index in [9.17, 15) is 4.79 Å². The molecule has 0 spiro atoms. The predicted octanol–water partition coefficient (Wildman–Crippen LogP) is 4.49. The number of hydrogen-bond donors (Lipinski definition) is 1. The number of nitrogens with one attached hydrogen (secondary N) is 1. The topological polar surface area (TPSA) is 54.9 Å². The van der Waals surface area contributed by atoms with Crippen LogP contribution in [0.15, 0.2) is 22.5 Å². The zero-order valence-corrected chi connectivity index (χ0v) is 14.0. The largest absolute Gasteiger partial charge is 0.300 e. The minimum absolute atomic E-state index is 0.0483. The third-order valence-corrected chi connectivity index (χ3v) is 5.71. The Bertz CT molecular complexity index is 673. The first-order valence-electron chi connectivity index (χ1n) is 6.33. The number of nitrogens with zero attached hydrogens (tertiary/aromatic N) is 2. The van der Waals surface area contributed by atoms with Gasteiger partial charge in [-0.1, -0.05) is 52.4 Å². The molecule has 1 N–H and O–H groups in total. The average molecular weight is 360 g/mol. The Kier molecular flexibility index (Phi) is 4.69. The third-order valence-electron chi connectivity index (χ3n) is 2.93. The first-order chi connectivity index (χ1) is 10.1. The van der Waals surface area contributed by atoms with Crippen molar-refractivity contribution in [1.29, 1.82) is 0 Å². The first-order valence-corrected chi connectivity index (χ1v) is 8.89. The Labute approximate surface area is 140 Å². The normalized spacial score (nSPS) is 14.2. The molecule has 1 heterocycles. The van der Waals surface area contributed by atoms with Crippen LogP contribution in [0.4, 0.5) is 5.13 Å². The van der Waals surface area contributed by atoms with Crippen molar-refractivity contribution in [2.75, 3.05) is 5.32 Å². The number of anilines is 1. The molecule has 110 valence electrons. The highest BCUT2D eigenvalue weighted by Gasteiger charge is 2.30. The maximum absolute atomic E-state index is 11.6. The van der Waals surface area contributed by atoms with Gasteiger partial charge in [0.15, 0.2) is 4.34 Å². The number of aromatic nitrogens is 2. The summed E-state index contributed by atoms with van der Waals surface area (Å²) in [6, 6.07) is 5.55. The van der Waals surface area contributed by atoms with Crippen LogP contribution in [0.25, 0.3) is 0 Å². The molecule has 1 aliphatic carbocycles. The minimum atomic E-state index is 0.0483. The lowest BCUT2D eigenvalue weighted by Crippen LogP contribution is -2.12. The van der Waals surface area contributed by atoms with Gasteiger partial charge in [0, 0.05) is 11.7 Å². The van der Waals surface area contributed by atoms with Crippen molar-refractivity contribution in [2.45, 2.75) is 22.9 Å². The van der Waals surface area contributed by atoms with Crippen LogP contribution in [0.3, 0.4) is 0 Å². The van der Waals surface area contributed by atoms with Gasteiger partial charge in [0.1, 0.15) is 0 Å². The lowest BCUT2D eigenvalue weighted by molar-refractivity contribution is -0.117. The van der Waals surface area contributed by atoms with Crippen LogP contribution in [0.1, 0.15) is 18.4 Å². The summed E-state index contributed by atoms with van der Waals surface area (Å²) < 4.78 is 0.812. The van der Waals surface area contributed by atoms with Crippen molar-refractivity contribution < 1.29 is 4.79 Å². The number of carbonyl (C=O) groups is 1. The van der Waals surface area contributed by atoms with E-state index in [0.29, 0.717) is 15.2 Å². The van der Waals surface area contributed by atoms with E-state index < -0.39 is 0 Å². The van der Waals surface area contributed by atoms with Gasteiger partial charge in [-0.05, 0) is 30.5 Å². The van der Waals surface area contributed by atoms with Crippen molar-refractivity contribution in [3.63, 3.8) is 0 Å². The minimum Gasteiger partial charge on any atom is -0.300 e. The van der Waals surface area contributed by atoms with Gasteiger partial charge in [-0.25, -0.2) is 0 Å². The Morgan fingerprint density at radius 2 is 2.14 bits per heavy atom. The fraction of sp³-hybridized carbons (Fsp3) is 0.308. The lowest BCUT2D eigenvalue weighted by Gasteiger charge is -2.01. The van der Waals surface area contributed by atoms with Crippen molar-refractivity contribution in [2.24, 2.45) is 5.92 Å². The Balaban J connectivity index is 1.56. The number of benzene rings is 1. The summed E-state index contributed by atoms with van der Waals surface area (Å²) in [4.78, 5) is 11.6. The van der Waals surface area contributed by atoms with Crippen molar-refractivity contribution in [3.05, 3.63) is 33.8 Å². The highest BCUT2D eigenvalue weighted by Crippen LogP contribution is 2.33. The molecule has 1 aromatic carbocycles. The van der Waals surface area contributed by atoms with E-state index in [4.69, 9.17) is 23.2 Å².